The molecule has 0 spiro atoms. The van der Waals surface area contributed by atoms with E-state index in [1.807, 2.05) is 30.3 Å². The summed E-state index contributed by atoms with van der Waals surface area (Å²) < 4.78 is 0. The molecule has 0 fully saturated rings. The Bertz CT molecular complexity index is 1100. The first-order valence-electron chi connectivity index (χ1n) is 6.94. The minimum Gasteiger partial charge on any atom is -0.244 e. The standard InChI is InChI=1S/C18H11N3S/c1-11-8-17-18(14-5-3-2-4-13(11)14)21-16-9-12(19-10-22)6-7-15(16)20-17/h2-9H,1H3. The van der Waals surface area contributed by atoms with Gasteiger partial charge >= 0.3 is 0 Å². The van der Waals surface area contributed by atoms with E-state index in [0.717, 1.165) is 33.1 Å². The van der Waals surface area contributed by atoms with Gasteiger partial charge in [0.25, 0.3) is 0 Å². The van der Waals surface area contributed by atoms with E-state index in [-0.39, 0.29) is 0 Å². The number of hydrogen-bond acceptors (Lipinski definition) is 4. The van der Waals surface area contributed by atoms with Gasteiger partial charge < -0.3 is 0 Å². The molecular weight excluding hydrogens is 290 g/mol. The molecule has 0 radical (unpaired) electrons. The van der Waals surface area contributed by atoms with Crippen LogP contribution in [0.2, 0.25) is 0 Å². The summed E-state index contributed by atoms with van der Waals surface area (Å²) in [5.74, 6) is 0. The summed E-state index contributed by atoms with van der Waals surface area (Å²) in [6.07, 6.45) is 0. The lowest BCUT2D eigenvalue weighted by Gasteiger charge is -2.07. The van der Waals surface area contributed by atoms with Crippen molar-refractivity contribution in [2.24, 2.45) is 4.99 Å². The van der Waals surface area contributed by atoms with Gasteiger partial charge in [-0.05, 0) is 54.4 Å². The van der Waals surface area contributed by atoms with Crippen molar-refractivity contribution in [1.82, 2.24) is 9.97 Å². The molecule has 1 aromatic heterocycles. The molecule has 0 aliphatic carbocycles. The summed E-state index contributed by atoms with van der Waals surface area (Å²) in [6, 6.07) is 16.0. The summed E-state index contributed by atoms with van der Waals surface area (Å²) >= 11 is 4.66. The number of aromatic nitrogens is 2. The van der Waals surface area contributed by atoms with Crippen molar-refractivity contribution in [3.63, 3.8) is 0 Å². The van der Waals surface area contributed by atoms with Crippen molar-refractivity contribution in [2.75, 3.05) is 0 Å². The van der Waals surface area contributed by atoms with Crippen LogP contribution < -0.4 is 0 Å². The molecule has 1 heterocycles. The third kappa shape index (κ3) is 1.98. The van der Waals surface area contributed by atoms with Crippen molar-refractivity contribution in [3.05, 3.63) is 54.1 Å². The van der Waals surface area contributed by atoms with Gasteiger partial charge in [0.15, 0.2) is 0 Å². The van der Waals surface area contributed by atoms with E-state index in [0.29, 0.717) is 0 Å². The average Bonchev–Trinajstić information content (AvgIpc) is 2.54. The third-order valence-corrected chi connectivity index (χ3v) is 3.90. The highest BCUT2D eigenvalue weighted by Gasteiger charge is 2.08. The van der Waals surface area contributed by atoms with Crippen molar-refractivity contribution in [1.29, 1.82) is 0 Å². The number of benzene rings is 3. The van der Waals surface area contributed by atoms with E-state index in [4.69, 9.17) is 9.97 Å². The van der Waals surface area contributed by atoms with Gasteiger partial charge in [-0.25, -0.2) is 9.97 Å². The Morgan fingerprint density at radius 3 is 2.55 bits per heavy atom. The molecule has 104 valence electrons. The first-order chi connectivity index (χ1) is 10.8. The molecule has 0 aliphatic rings. The smallest absolute Gasteiger partial charge is 0.0973 e. The van der Waals surface area contributed by atoms with E-state index in [9.17, 15) is 0 Å². The van der Waals surface area contributed by atoms with Crippen LogP contribution in [0.5, 0.6) is 0 Å². The zero-order valence-corrected chi connectivity index (χ0v) is 12.7. The topological polar surface area (TPSA) is 38.1 Å². The Morgan fingerprint density at radius 2 is 1.73 bits per heavy atom. The molecule has 4 heteroatoms. The molecule has 22 heavy (non-hydrogen) atoms. The summed E-state index contributed by atoms with van der Waals surface area (Å²) in [6.45, 7) is 2.10. The van der Waals surface area contributed by atoms with E-state index in [2.05, 4.69) is 47.5 Å². The Kier molecular flexibility index (Phi) is 2.93. The number of hydrogen-bond donors (Lipinski definition) is 0. The maximum atomic E-state index is 4.81. The monoisotopic (exact) mass is 301 g/mol. The van der Waals surface area contributed by atoms with E-state index < -0.39 is 0 Å². The first kappa shape index (κ1) is 13.0. The maximum absolute atomic E-state index is 4.81. The van der Waals surface area contributed by atoms with Gasteiger partial charge in [-0.15, -0.1) is 0 Å². The van der Waals surface area contributed by atoms with Crippen LogP contribution in [0.15, 0.2) is 53.5 Å². The number of thiocarbonyl (C=S) groups is 1. The summed E-state index contributed by atoms with van der Waals surface area (Å²) in [5, 5.41) is 4.71. The Morgan fingerprint density at radius 1 is 0.909 bits per heavy atom. The van der Waals surface area contributed by atoms with Crippen LogP contribution in [0.25, 0.3) is 32.8 Å². The molecule has 3 aromatic carbocycles. The van der Waals surface area contributed by atoms with Gasteiger partial charge in [-0.3, -0.25) is 0 Å². The van der Waals surface area contributed by atoms with Crippen LogP contribution in [0.4, 0.5) is 5.69 Å². The van der Waals surface area contributed by atoms with Gasteiger partial charge in [0.1, 0.15) is 0 Å². The Hall–Kier alpha value is -2.68. The third-order valence-electron chi connectivity index (χ3n) is 3.81. The minimum absolute atomic E-state index is 0.743. The average molecular weight is 301 g/mol. The number of rotatable bonds is 1. The fraction of sp³-hybridized carbons (Fsp3) is 0.0556. The highest BCUT2D eigenvalue weighted by molar-refractivity contribution is 7.78. The molecule has 4 rings (SSSR count). The van der Waals surface area contributed by atoms with Crippen LogP contribution in [0.1, 0.15) is 5.56 Å². The predicted molar refractivity (Wildman–Crippen MR) is 94.0 cm³/mol. The van der Waals surface area contributed by atoms with Crippen molar-refractivity contribution in [3.8, 4) is 0 Å². The molecular formula is C18H11N3S. The first-order valence-corrected chi connectivity index (χ1v) is 7.35. The molecule has 0 atom stereocenters. The number of nitrogens with zero attached hydrogens (tertiary/aromatic N) is 3. The molecule has 3 nitrogen and oxygen atoms in total. The van der Waals surface area contributed by atoms with E-state index in [1.165, 1.54) is 10.9 Å². The van der Waals surface area contributed by atoms with Crippen molar-refractivity contribution in [2.45, 2.75) is 6.92 Å². The lowest BCUT2D eigenvalue weighted by molar-refractivity contribution is 1.39. The SMILES string of the molecule is Cc1cc2nc3ccc(N=C=S)cc3nc2c2ccccc12. The maximum Gasteiger partial charge on any atom is 0.0973 e. The lowest BCUT2D eigenvalue weighted by atomic mass is 10.0. The zero-order chi connectivity index (χ0) is 15.1. The van der Waals surface area contributed by atoms with Crippen LogP contribution in [-0.4, -0.2) is 15.1 Å². The zero-order valence-electron chi connectivity index (χ0n) is 11.9. The summed E-state index contributed by atoms with van der Waals surface area (Å²) in [4.78, 5) is 13.6. The van der Waals surface area contributed by atoms with Gasteiger partial charge in [-0.1, -0.05) is 24.3 Å². The number of fused-ring (bicyclic) bond motifs is 4. The van der Waals surface area contributed by atoms with Gasteiger partial charge in [0.05, 0.1) is 32.9 Å². The minimum atomic E-state index is 0.743. The summed E-state index contributed by atoms with van der Waals surface area (Å²) in [7, 11) is 0. The normalized spacial score (nSPS) is 11.0. The highest BCUT2D eigenvalue weighted by atomic mass is 32.1. The number of aryl methyl sites for hydroxylation is 1. The number of isothiocyanates is 1. The second-order valence-corrected chi connectivity index (χ2v) is 5.39. The molecule has 0 saturated heterocycles. The van der Waals surface area contributed by atoms with Gasteiger partial charge in [0.2, 0.25) is 0 Å². The van der Waals surface area contributed by atoms with Crippen LogP contribution >= 0.6 is 12.2 Å². The van der Waals surface area contributed by atoms with Crippen LogP contribution in [0, 0.1) is 6.92 Å². The van der Waals surface area contributed by atoms with Gasteiger partial charge in [-0.2, -0.15) is 4.99 Å². The quantitative estimate of drug-likeness (QED) is 0.215. The van der Waals surface area contributed by atoms with E-state index >= 15 is 0 Å². The van der Waals surface area contributed by atoms with Crippen molar-refractivity contribution >= 4 is 55.9 Å². The Labute approximate surface area is 132 Å². The molecule has 0 aliphatic heterocycles. The predicted octanol–water partition coefficient (Wildman–Crippen LogP) is 4.98. The fourth-order valence-corrected chi connectivity index (χ4v) is 2.90. The molecule has 0 unspecified atom stereocenters. The lowest BCUT2D eigenvalue weighted by Crippen LogP contribution is -1.90. The highest BCUT2D eigenvalue weighted by Crippen LogP contribution is 2.28. The Balaban J connectivity index is 2.16. The molecule has 0 amide bonds. The molecule has 0 saturated carbocycles. The molecule has 4 aromatic rings. The second-order valence-electron chi connectivity index (χ2n) is 5.21. The van der Waals surface area contributed by atoms with Crippen molar-refractivity contribution < 1.29 is 0 Å². The molecule has 0 N–H and O–H groups in total. The summed E-state index contributed by atoms with van der Waals surface area (Å²) in [5.41, 5.74) is 5.44. The molecule has 0 bridgehead atoms. The van der Waals surface area contributed by atoms with Crippen LogP contribution in [0.3, 0.4) is 0 Å². The number of aliphatic imine (C=N–C) groups is 1. The van der Waals surface area contributed by atoms with Crippen LogP contribution in [-0.2, 0) is 0 Å². The van der Waals surface area contributed by atoms with E-state index in [1.54, 1.807) is 0 Å². The van der Waals surface area contributed by atoms with Gasteiger partial charge in [0, 0.05) is 5.39 Å². The largest absolute Gasteiger partial charge is 0.244 e. The fourth-order valence-electron chi connectivity index (χ4n) is 2.79. The second kappa shape index (κ2) is 4.95.